The molecule has 1 N–H and O–H groups in total. The standard InChI is InChI=1S/C18H15NO2/c1-12-3-8-16-14(9-12)10-17(21-16)18(2,20)15-6-4-13(11-19)5-7-15/h3-10,20H,1-2H3. The van der Waals surface area contributed by atoms with Gasteiger partial charge >= 0.3 is 0 Å². The molecule has 1 atom stereocenters. The molecule has 1 aromatic heterocycles. The van der Waals surface area contributed by atoms with Gasteiger partial charge in [0.2, 0.25) is 0 Å². The minimum absolute atomic E-state index is 0.493. The number of furan rings is 1. The van der Waals surface area contributed by atoms with E-state index in [4.69, 9.17) is 9.68 Å². The highest BCUT2D eigenvalue weighted by Crippen LogP contribution is 2.33. The fraction of sp³-hybridized carbons (Fsp3) is 0.167. The molecule has 0 aliphatic carbocycles. The number of nitrogens with zero attached hydrogens (tertiary/aromatic N) is 1. The van der Waals surface area contributed by atoms with Crippen molar-refractivity contribution in [2.24, 2.45) is 0 Å². The third-order valence-corrected chi connectivity index (χ3v) is 3.73. The predicted molar refractivity (Wildman–Crippen MR) is 80.8 cm³/mol. The number of hydrogen-bond acceptors (Lipinski definition) is 3. The molecular weight excluding hydrogens is 262 g/mol. The van der Waals surface area contributed by atoms with Crippen LogP contribution in [-0.2, 0) is 5.60 Å². The van der Waals surface area contributed by atoms with Gasteiger partial charge in [-0.15, -0.1) is 0 Å². The molecule has 0 spiro atoms. The van der Waals surface area contributed by atoms with Crippen molar-refractivity contribution in [3.05, 3.63) is 71.0 Å². The average molecular weight is 277 g/mol. The third-order valence-electron chi connectivity index (χ3n) is 3.73. The number of fused-ring (bicyclic) bond motifs is 1. The second kappa shape index (κ2) is 4.76. The molecule has 0 aliphatic rings. The Morgan fingerprint density at radius 3 is 2.48 bits per heavy atom. The first-order valence-corrected chi connectivity index (χ1v) is 6.74. The van der Waals surface area contributed by atoms with Gasteiger partial charge in [-0.3, -0.25) is 0 Å². The normalized spacial score (nSPS) is 13.8. The van der Waals surface area contributed by atoms with Gasteiger partial charge in [0.15, 0.2) is 0 Å². The highest BCUT2D eigenvalue weighted by atomic mass is 16.4. The monoisotopic (exact) mass is 277 g/mol. The van der Waals surface area contributed by atoms with E-state index in [1.165, 1.54) is 0 Å². The Kier molecular flexibility index (Phi) is 3.04. The van der Waals surface area contributed by atoms with Crippen molar-refractivity contribution in [1.82, 2.24) is 0 Å². The molecule has 3 nitrogen and oxygen atoms in total. The van der Waals surface area contributed by atoms with Crippen LogP contribution in [-0.4, -0.2) is 5.11 Å². The molecule has 0 saturated carbocycles. The number of aliphatic hydroxyl groups is 1. The number of hydrogen-bond donors (Lipinski definition) is 1. The van der Waals surface area contributed by atoms with Gasteiger partial charge < -0.3 is 9.52 Å². The van der Waals surface area contributed by atoms with Crippen LogP contribution in [0.5, 0.6) is 0 Å². The van der Waals surface area contributed by atoms with Gasteiger partial charge in [-0.1, -0.05) is 23.8 Å². The molecule has 0 bridgehead atoms. The number of benzene rings is 2. The Hall–Kier alpha value is -2.57. The van der Waals surface area contributed by atoms with Crippen LogP contribution in [0.1, 0.15) is 29.4 Å². The molecule has 3 heteroatoms. The molecule has 1 unspecified atom stereocenters. The van der Waals surface area contributed by atoms with Gasteiger partial charge in [-0.2, -0.15) is 5.26 Å². The summed E-state index contributed by atoms with van der Waals surface area (Å²) in [5.41, 5.74) is 1.92. The molecule has 1 heterocycles. The van der Waals surface area contributed by atoms with Crippen LogP contribution in [0.25, 0.3) is 11.0 Å². The summed E-state index contributed by atoms with van der Waals surface area (Å²) in [7, 11) is 0. The van der Waals surface area contributed by atoms with Crippen molar-refractivity contribution in [1.29, 1.82) is 5.26 Å². The molecule has 0 amide bonds. The van der Waals surface area contributed by atoms with Crippen molar-refractivity contribution in [3.8, 4) is 6.07 Å². The molecule has 0 saturated heterocycles. The molecule has 21 heavy (non-hydrogen) atoms. The maximum Gasteiger partial charge on any atom is 0.144 e. The summed E-state index contributed by atoms with van der Waals surface area (Å²) in [4.78, 5) is 0. The van der Waals surface area contributed by atoms with E-state index in [0.29, 0.717) is 16.9 Å². The topological polar surface area (TPSA) is 57.2 Å². The van der Waals surface area contributed by atoms with Crippen molar-refractivity contribution < 1.29 is 9.52 Å². The minimum atomic E-state index is -1.24. The Morgan fingerprint density at radius 2 is 1.81 bits per heavy atom. The van der Waals surface area contributed by atoms with Crippen LogP contribution in [0.15, 0.2) is 52.9 Å². The lowest BCUT2D eigenvalue weighted by molar-refractivity contribution is 0.0786. The van der Waals surface area contributed by atoms with Gasteiger partial charge in [-0.25, -0.2) is 0 Å². The summed E-state index contributed by atoms with van der Waals surface area (Å²) in [6.07, 6.45) is 0. The van der Waals surface area contributed by atoms with E-state index in [1.54, 1.807) is 31.2 Å². The van der Waals surface area contributed by atoms with E-state index >= 15 is 0 Å². The lowest BCUT2D eigenvalue weighted by Crippen LogP contribution is -2.21. The predicted octanol–water partition coefficient (Wildman–Crippen LogP) is 3.87. The number of aryl methyl sites for hydroxylation is 1. The van der Waals surface area contributed by atoms with Crippen LogP contribution in [0.4, 0.5) is 0 Å². The Morgan fingerprint density at radius 1 is 1.10 bits per heavy atom. The van der Waals surface area contributed by atoms with Gasteiger partial charge in [-0.05, 0) is 49.7 Å². The average Bonchev–Trinajstić information content (AvgIpc) is 2.91. The largest absolute Gasteiger partial charge is 0.458 e. The van der Waals surface area contributed by atoms with Crippen molar-refractivity contribution >= 4 is 11.0 Å². The maximum absolute atomic E-state index is 10.8. The molecule has 3 rings (SSSR count). The van der Waals surface area contributed by atoms with Crippen LogP contribution in [0.3, 0.4) is 0 Å². The van der Waals surface area contributed by atoms with Crippen molar-refractivity contribution in [2.45, 2.75) is 19.4 Å². The highest BCUT2D eigenvalue weighted by molar-refractivity contribution is 5.79. The molecule has 104 valence electrons. The second-order valence-electron chi connectivity index (χ2n) is 5.41. The zero-order chi connectivity index (χ0) is 15.0. The van der Waals surface area contributed by atoms with Crippen molar-refractivity contribution in [2.75, 3.05) is 0 Å². The first kappa shape index (κ1) is 13.4. The summed E-state index contributed by atoms with van der Waals surface area (Å²) in [6.45, 7) is 3.71. The van der Waals surface area contributed by atoms with Gasteiger partial charge in [0.25, 0.3) is 0 Å². The molecule has 0 radical (unpaired) electrons. The zero-order valence-electron chi connectivity index (χ0n) is 11.9. The SMILES string of the molecule is Cc1ccc2oc(C(C)(O)c3ccc(C#N)cc3)cc2c1. The molecule has 2 aromatic carbocycles. The first-order chi connectivity index (χ1) is 10.0. The first-order valence-electron chi connectivity index (χ1n) is 6.74. The Bertz CT molecular complexity index is 836. The van der Waals surface area contributed by atoms with Gasteiger partial charge in [0, 0.05) is 5.39 Å². The lowest BCUT2D eigenvalue weighted by Gasteiger charge is -2.21. The second-order valence-corrected chi connectivity index (χ2v) is 5.41. The van der Waals surface area contributed by atoms with E-state index in [0.717, 1.165) is 16.5 Å². The quantitative estimate of drug-likeness (QED) is 0.773. The van der Waals surface area contributed by atoms with E-state index in [1.807, 2.05) is 31.2 Å². The lowest BCUT2D eigenvalue weighted by atomic mass is 9.92. The van der Waals surface area contributed by atoms with Crippen molar-refractivity contribution in [3.63, 3.8) is 0 Å². The Balaban J connectivity index is 2.07. The van der Waals surface area contributed by atoms with E-state index in [9.17, 15) is 5.11 Å². The number of nitriles is 1. The Labute approximate surface area is 123 Å². The van der Waals surface area contributed by atoms with Crippen LogP contribution in [0, 0.1) is 18.3 Å². The molecule has 3 aromatic rings. The van der Waals surface area contributed by atoms with Gasteiger partial charge in [0.05, 0.1) is 11.6 Å². The third kappa shape index (κ3) is 2.31. The summed E-state index contributed by atoms with van der Waals surface area (Å²) >= 11 is 0. The summed E-state index contributed by atoms with van der Waals surface area (Å²) in [5, 5.41) is 20.6. The molecule has 0 fully saturated rings. The summed E-state index contributed by atoms with van der Waals surface area (Å²) in [5.74, 6) is 0.493. The smallest absolute Gasteiger partial charge is 0.144 e. The summed E-state index contributed by atoms with van der Waals surface area (Å²) < 4.78 is 5.78. The minimum Gasteiger partial charge on any atom is -0.458 e. The zero-order valence-corrected chi connectivity index (χ0v) is 11.9. The van der Waals surface area contributed by atoms with E-state index in [-0.39, 0.29) is 0 Å². The molecular formula is C18H15NO2. The van der Waals surface area contributed by atoms with Crippen LogP contribution >= 0.6 is 0 Å². The van der Waals surface area contributed by atoms with E-state index < -0.39 is 5.60 Å². The fourth-order valence-corrected chi connectivity index (χ4v) is 2.41. The maximum atomic E-state index is 10.8. The fourth-order valence-electron chi connectivity index (χ4n) is 2.41. The van der Waals surface area contributed by atoms with E-state index in [2.05, 4.69) is 6.07 Å². The number of rotatable bonds is 2. The van der Waals surface area contributed by atoms with Crippen LogP contribution in [0.2, 0.25) is 0 Å². The summed E-state index contributed by atoms with van der Waals surface area (Å²) in [6, 6.07) is 16.7. The highest BCUT2D eigenvalue weighted by Gasteiger charge is 2.29. The molecule has 0 aliphatic heterocycles. The van der Waals surface area contributed by atoms with Crippen LogP contribution < -0.4 is 0 Å². The van der Waals surface area contributed by atoms with Gasteiger partial charge in [0.1, 0.15) is 16.9 Å².